The molecule has 2 unspecified atom stereocenters. The van der Waals surface area contributed by atoms with Crippen molar-refractivity contribution in [2.24, 2.45) is 0 Å². The Hall–Kier alpha value is -2.41. The molecule has 1 aromatic carbocycles. The number of hydrogen-bond donors (Lipinski definition) is 3. The molecule has 3 N–H and O–H groups in total. The van der Waals surface area contributed by atoms with Crippen molar-refractivity contribution in [3.05, 3.63) is 42.2 Å². The fourth-order valence-electron chi connectivity index (χ4n) is 1.90. The van der Waals surface area contributed by atoms with Crippen LogP contribution in [-0.4, -0.2) is 38.8 Å². The highest BCUT2D eigenvalue weighted by Crippen LogP contribution is 2.11. The fraction of sp³-hybridized carbons (Fsp3) is 0.400. The molecule has 1 aromatic heterocycles. The van der Waals surface area contributed by atoms with Crippen molar-refractivity contribution >= 4 is 6.03 Å². The third-order valence-corrected chi connectivity index (χ3v) is 3.17. The molecular formula is C15H21N5O2. The highest BCUT2D eigenvalue weighted by Gasteiger charge is 2.13. The molecule has 0 aliphatic rings. The number of aromatic nitrogens is 3. The number of carbonyl (C=O) groups is 1. The zero-order chi connectivity index (χ0) is 15.9. The van der Waals surface area contributed by atoms with E-state index in [0.29, 0.717) is 18.7 Å². The van der Waals surface area contributed by atoms with Gasteiger partial charge < -0.3 is 15.7 Å². The van der Waals surface area contributed by atoms with Crippen LogP contribution < -0.4 is 10.6 Å². The molecule has 0 fully saturated rings. The number of hydrogen-bond acceptors (Lipinski definition) is 4. The summed E-state index contributed by atoms with van der Waals surface area (Å²) in [5.41, 5.74) is 1.59. The molecule has 0 saturated heterocycles. The topological polar surface area (TPSA) is 92.1 Å². The van der Waals surface area contributed by atoms with E-state index in [1.54, 1.807) is 17.8 Å². The highest BCUT2D eigenvalue weighted by atomic mass is 16.3. The minimum absolute atomic E-state index is 0.260. The van der Waals surface area contributed by atoms with Gasteiger partial charge in [0.15, 0.2) is 0 Å². The SMILES string of the molecule is CC(O)CCNC(=O)NC(C)c1cn(-c2ccccc2)nn1. The molecule has 0 radical (unpaired) electrons. The Morgan fingerprint density at radius 1 is 1.32 bits per heavy atom. The number of urea groups is 1. The first-order valence-corrected chi connectivity index (χ1v) is 7.26. The van der Waals surface area contributed by atoms with Crippen LogP contribution in [0.4, 0.5) is 4.79 Å². The molecular weight excluding hydrogens is 282 g/mol. The number of aliphatic hydroxyl groups excluding tert-OH is 1. The molecule has 2 aromatic rings. The van der Waals surface area contributed by atoms with Gasteiger partial charge in [-0.15, -0.1) is 5.10 Å². The summed E-state index contributed by atoms with van der Waals surface area (Å²) in [6.07, 6.45) is 1.88. The molecule has 7 heteroatoms. The summed E-state index contributed by atoms with van der Waals surface area (Å²) in [6.45, 7) is 3.95. The molecule has 2 amide bonds. The van der Waals surface area contributed by atoms with Crippen molar-refractivity contribution in [3.8, 4) is 5.69 Å². The van der Waals surface area contributed by atoms with Gasteiger partial charge >= 0.3 is 6.03 Å². The van der Waals surface area contributed by atoms with Crippen molar-refractivity contribution in [1.29, 1.82) is 0 Å². The van der Waals surface area contributed by atoms with Crippen molar-refractivity contribution in [1.82, 2.24) is 25.6 Å². The smallest absolute Gasteiger partial charge is 0.315 e. The summed E-state index contributed by atoms with van der Waals surface area (Å²) in [7, 11) is 0. The predicted molar refractivity (Wildman–Crippen MR) is 82.6 cm³/mol. The predicted octanol–water partition coefficient (Wildman–Crippen LogP) is 1.40. The first-order valence-electron chi connectivity index (χ1n) is 7.26. The van der Waals surface area contributed by atoms with Gasteiger partial charge in [-0.25, -0.2) is 9.48 Å². The second-order valence-electron chi connectivity index (χ2n) is 5.18. The first-order chi connectivity index (χ1) is 10.6. The number of rotatable bonds is 6. The zero-order valence-electron chi connectivity index (χ0n) is 12.7. The second-order valence-corrected chi connectivity index (χ2v) is 5.18. The lowest BCUT2D eigenvalue weighted by Gasteiger charge is -2.12. The number of nitrogens with one attached hydrogen (secondary N) is 2. The van der Waals surface area contributed by atoms with E-state index in [1.165, 1.54) is 0 Å². The lowest BCUT2D eigenvalue weighted by Crippen LogP contribution is -2.38. The van der Waals surface area contributed by atoms with Gasteiger partial charge in [-0.1, -0.05) is 23.4 Å². The Morgan fingerprint density at radius 3 is 2.73 bits per heavy atom. The number of nitrogens with zero attached hydrogens (tertiary/aromatic N) is 3. The van der Waals surface area contributed by atoms with Crippen molar-refractivity contribution < 1.29 is 9.90 Å². The Labute approximate surface area is 129 Å². The van der Waals surface area contributed by atoms with E-state index in [4.69, 9.17) is 5.11 Å². The molecule has 0 bridgehead atoms. The molecule has 0 saturated carbocycles. The van der Waals surface area contributed by atoms with Gasteiger partial charge in [-0.2, -0.15) is 0 Å². The third-order valence-electron chi connectivity index (χ3n) is 3.17. The Kier molecular flexibility index (Phi) is 5.48. The Bertz CT molecular complexity index is 597. The average Bonchev–Trinajstić information content (AvgIpc) is 2.97. The normalized spacial score (nSPS) is 13.4. The summed E-state index contributed by atoms with van der Waals surface area (Å²) in [4.78, 5) is 11.7. The molecule has 22 heavy (non-hydrogen) atoms. The second kappa shape index (κ2) is 7.56. The lowest BCUT2D eigenvalue weighted by molar-refractivity contribution is 0.183. The van der Waals surface area contributed by atoms with Crippen LogP contribution in [-0.2, 0) is 0 Å². The summed E-state index contributed by atoms with van der Waals surface area (Å²) < 4.78 is 1.67. The highest BCUT2D eigenvalue weighted by molar-refractivity contribution is 5.74. The molecule has 2 atom stereocenters. The van der Waals surface area contributed by atoms with Crippen LogP contribution in [0.2, 0.25) is 0 Å². The minimum Gasteiger partial charge on any atom is -0.393 e. The first kappa shape index (κ1) is 16.0. The van der Waals surface area contributed by atoms with E-state index >= 15 is 0 Å². The van der Waals surface area contributed by atoms with E-state index in [-0.39, 0.29) is 12.1 Å². The van der Waals surface area contributed by atoms with Crippen LogP contribution in [0, 0.1) is 0 Å². The van der Waals surface area contributed by atoms with E-state index in [9.17, 15) is 4.79 Å². The largest absolute Gasteiger partial charge is 0.393 e. The number of aliphatic hydroxyl groups is 1. The van der Waals surface area contributed by atoms with Gasteiger partial charge in [0.2, 0.25) is 0 Å². The van der Waals surface area contributed by atoms with Crippen LogP contribution in [0.1, 0.15) is 32.0 Å². The van der Waals surface area contributed by atoms with Crippen molar-refractivity contribution in [2.45, 2.75) is 32.4 Å². The van der Waals surface area contributed by atoms with E-state index in [1.807, 2.05) is 37.3 Å². The summed E-state index contributed by atoms with van der Waals surface area (Å²) in [5, 5.41) is 22.8. The van der Waals surface area contributed by atoms with Crippen LogP contribution in [0.3, 0.4) is 0 Å². The molecule has 1 heterocycles. The number of para-hydroxylation sites is 1. The molecule has 7 nitrogen and oxygen atoms in total. The quantitative estimate of drug-likeness (QED) is 0.752. The molecule has 2 rings (SSSR count). The van der Waals surface area contributed by atoms with E-state index in [2.05, 4.69) is 20.9 Å². The van der Waals surface area contributed by atoms with Crippen molar-refractivity contribution in [2.75, 3.05) is 6.54 Å². The van der Waals surface area contributed by atoms with Crippen LogP contribution in [0.15, 0.2) is 36.5 Å². The van der Waals surface area contributed by atoms with Crippen LogP contribution >= 0.6 is 0 Å². The summed E-state index contributed by atoms with van der Waals surface area (Å²) >= 11 is 0. The lowest BCUT2D eigenvalue weighted by atomic mass is 10.2. The van der Waals surface area contributed by atoms with Crippen LogP contribution in [0.5, 0.6) is 0 Å². The maximum atomic E-state index is 11.7. The molecule has 0 aliphatic heterocycles. The van der Waals surface area contributed by atoms with Gasteiger partial charge in [0, 0.05) is 6.54 Å². The van der Waals surface area contributed by atoms with Crippen molar-refractivity contribution in [3.63, 3.8) is 0 Å². The summed E-state index contributed by atoms with van der Waals surface area (Å²) in [6, 6.07) is 9.09. The minimum atomic E-state index is -0.427. The van der Waals surface area contributed by atoms with E-state index < -0.39 is 6.10 Å². The maximum Gasteiger partial charge on any atom is 0.315 e. The van der Waals surface area contributed by atoms with Gasteiger partial charge in [0.25, 0.3) is 0 Å². The van der Waals surface area contributed by atoms with Gasteiger partial charge in [-0.3, -0.25) is 0 Å². The molecule has 0 aliphatic carbocycles. The molecule has 0 spiro atoms. The summed E-state index contributed by atoms with van der Waals surface area (Å²) in [5.74, 6) is 0. The number of amides is 2. The van der Waals surface area contributed by atoms with Gasteiger partial charge in [-0.05, 0) is 32.4 Å². The third kappa shape index (κ3) is 4.56. The standard InChI is InChI=1S/C15H21N5O2/c1-11(21)8-9-16-15(22)17-12(2)14-10-20(19-18-14)13-6-4-3-5-7-13/h3-7,10-12,21H,8-9H2,1-2H3,(H2,16,17,22). The van der Waals surface area contributed by atoms with E-state index in [0.717, 1.165) is 5.69 Å². The maximum absolute atomic E-state index is 11.7. The number of benzene rings is 1. The fourth-order valence-corrected chi connectivity index (χ4v) is 1.90. The van der Waals surface area contributed by atoms with Gasteiger partial charge in [0.05, 0.1) is 24.0 Å². The Morgan fingerprint density at radius 2 is 2.05 bits per heavy atom. The van der Waals surface area contributed by atoms with Gasteiger partial charge in [0.1, 0.15) is 5.69 Å². The number of carbonyl (C=O) groups excluding carboxylic acids is 1. The zero-order valence-corrected chi connectivity index (χ0v) is 12.7. The molecule has 118 valence electrons. The van der Waals surface area contributed by atoms with Crippen LogP contribution in [0.25, 0.3) is 5.69 Å². The monoisotopic (exact) mass is 303 g/mol. The average molecular weight is 303 g/mol. The Balaban J connectivity index is 1.89.